The highest BCUT2D eigenvalue weighted by atomic mass is 16.4. The first-order valence-electron chi connectivity index (χ1n) is 13.4. The Hall–Kier alpha value is -1.16. The third kappa shape index (κ3) is 2.85. The lowest BCUT2D eigenvalue weighted by atomic mass is 9.34. The first-order chi connectivity index (χ1) is 15.2. The zero-order chi connectivity index (χ0) is 24.2. The van der Waals surface area contributed by atoms with Crippen molar-refractivity contribution < 1.29 is 19.8 Å². The molecule has 0 amide bonds. The van der Waals surface area contributed by atoms with Gasteiger partial charge in [0.25, 0.3) is 0 Å². The fourth-order valence-electron chi connectivity index (χ4n) is 9.98. The number of aliphatic hydroxyl groups excluding tert-OH is 1. The third-order valence-corrected chi connectivity index (χ3v) is 12.7. The maximum absolute atomic E-state index is 14.1. The average molecular weight is 457 g/mol. The van der Waals surface area contributed by atoms with E-state index in [1.165, 1.54) is 5.57 Å². The van der Waals surface area contributed by atoms with Gasteiger partial charge in [-0.25, -0.2) is 0 Å². The van der Waals surface area contributed by atoms with E-state index in [4.69, 9.17) is 0 Å². The van der Waals surface area contributed by atoms with Gasteiger partial charge in [0.15, 0.2) is 5.78 Å². The van der Waals surface area contributed by atoms with Crippen LogP contribution in [0.25, 0.3) is 0 Å². The number of hydrogen-bond donors (Lipinski definition) is 2. The molecule has 5 aliphatic carbocycles. The quantitative estimate of drug-likeness (QED) is 0.506. The van der Waals surface area contributed by atoms with E-state index in [-0.39, 0.29) is 51.3 Å². The largest absolute Gasteiger partial charge is 0.481 e. The van der Waals surface area contributed by atoms with Gasteiger partial charge in [0.1, 0.15) is 0 Å². The van der Waals surface area contributed by atoms with Crippen molar-refractivity contribution in [2.45, 2.75) is 105 Å². The number of aliphatic carboxylic acids is 1. The van der Waals surface area contributed by atoms with E-state index in [1.54, 1.807) is 0 Å². The number of ketones is 1. The van der Waals surface area contributed by atoms with Crippen molar-refractivity contribution in [3.8, 4) is 0 Å². The molecule has 0 bridgehead atoms. The van der Waals surface area contributed by atoms with E-state index in [9.17, 15) is 19.8 Å². The third-order valence-electron chi connectivity index (χ3n) is 12.7. The van der Waals surface area contributed by atoms with Crippen molar-refractivity contribution in [3.05, 3.63) is 11.6 Å². The summed E-state index contributed by atoms with van der Waals surface area (Å²) in [6.45, 7) is 13.6. The molecule has 33 heavy (non-hydrogen) atoms. The molecule has 0 aromatic carbocycles. The Bertz CT molecular complexity index is 923. The van der Waals surface area contributed by atoms with E-state index in [0.717, 1.165) is 51.4 Å². The lowest BCUT2D eigenvalue weighted by molar-refractivity contribution is -0.185. The van der Waals surface area contributed by atoms with E-state index in [1.807, 2.05) is 13.0 Å². The normalized spacial score (nSPS) is 56.0. The minimum Gasteiger partial charge on any atom is -0.481 e. The first kappa shape index (κ1) is 23.6. The van der Waals surface area contributed by atoms with Crippen molar-refractivity contribution in [2.75, 3.05) is 0 Å². The Morgan fingerprint density at radius 1 is 0.970 bits per heavy atom. The Balaban J connectivity index is 1.61. The molecule has 0 aliphatic heterocycles. The van der Waals surface area contributed by atoms with Crippen molar-refractivity contribution in [1.82, 2.24) is 0 Å². The molecule has 0 radical (unpaired) electrons. The Labute approximate surface area is 199 Å². The van der Waals surface area contributed by atoms with Crippen molar-refractivity contribution >= 4 is 11.8 Å². The summed E-state index contributed by atoms with van der Waals surface area (Å²) in [6, 6.07) is 0. The smallest absolute Gasteiger partial charge is 0.309 e. The zero-order valence-electron chi connectivity index (χ0n) is 21.5. The van der Waals surface area contributed by atoms with E-state index < -0.39 is 11.4 Å². The summed E-state index contributed by atoms with van der Waals surface area (Å²) in [5.41, 5.74) is 0.408. The van der Waals surface area contributed by atoms with Gasteiger partial charge in [0.2, 0.25) is 0 Å². The zero-order valence-corrected chi connectivity index (χ0v) is 21.5. The first-order valence-corrected chi connectivity index (χ1v) is 13.4. The fourth-order valence-corrected chi connectivity index (χ4v) is 9.98. The van der Waals surface area contributed by atoms with Gasteiger partial charge in [-0.05, 0) is 110 Å². The van der Waals surface area contributed by atoms with Gasteiger partial charge in [-0.1, -0.05) is 40.2 Å². The summed E-state index contributed by atoms with van der Waals surface area (Å²) < 4.78 is 0. The molecule has 0 aromatic rings. The number of allylic oxidation sites excluding steroid dienone is 2. The van der Waals surface area contributed by atoms with Crippen molar-refractivity contribution in [2.24, 2.45) is 50.7 Å². The second kappa shape index (κ2) is 6.95. The standard InChI is InChI=1S/C29H44O4/c1-17-18-7-10-29(6)23(27(18,4)9-8-21(17)30)22(31)15-19-20-16-26(3,24(32)33)12-11-25(20,2)13-14-28(19,29)5/h15,17-18,20-21,23,30H,7-14,16H2,1-6H3,(H,32,33)/t17?,18?,20-,21-,23?,25+,26-,27-,28+,29+/m0/s1. The molecule has 4 heteroatoms. The Morgan fingerprint density at radius 2 is 1.64 bits per heavy atom. The Morgan fingerprint density at radius 3 is 2.30 bits per heavy atom. The van der Waals surface area contributed by atoms with E-state index >= 15 is 0 Å². The number of carboxylic acid groups (broad SMARTS) is 1. The summed E-state index contributed by atoms with van der Waals surface area (Å²) in [4.78, 5) is 26.3. The van der Waals surface area contributed by atoms with Crippen LogP contribution in [-0.2, 0) is 9.59 Å². The summed E-state index contributed by atoms with van der Waals surface area (Å²) in [5, 5.41) is 20.6. The van der Waals surface area contributed by atoms with E-state index in [2.05, 4.69) is 34.6 Å². The highest BCUT2D eigenvalue weighted by Gasteiger charge is 2.69. The van der Waals surface area contributed by atoms with Crippen LogP contribution in [0.15, 0.2) is 11.6 Å². The predicted molar refractivity (Wildman–Crippen MR) is 128 cm³/mol. The minimum atomic E-state index is -0.706. The van der Waals surface area contributed by atoms with Crippen LogP contribution in [0.5, 0.6) is 0 Å². The monoisotopic (exact) mass is 456 g/mol. The number of hydrogen-bond acceptors (Lipinski definition) is 3. The molecular weight excluding hydrogens is 412 g/mol. The van der Waals surface area contributed by atoms with Crippen LogP contribution in [0.2, 0.25) is 0 Å². The summed E-state index contributed by atoms with van der Waals surface area (Å²) >= 11 is 0. The van der Waals surface area contributed by atoms with Gasteiger partial charge < -0.3 is 10.2 Å². The van der Waals surface area contributed by atoms with Gasteiger partial charge in [-0.15, -0.1) is 0 Å². The molecule has 0 saturated heterocycles. The van der Waals surface area contributed by atoms with Gasteiger partial charge >= 0.3 is 5.97 Å². The topological polar surface area (TPSA) is 74.6 Å². The molecule has 3 unspecified atom stereocenters. The number of carbonyl (C=O) groups is 2. The molecule has 4 nitrogen and oxygen atoms in total. The number of fused-ring (bicyclic) bond motifs is 7. The summed E-state index contributed by atoms with van der Waals surface area (Å²) in [6.07, 6.45) is 10.1. The van der Waals surface area contributed by atoms with Crippen molar-refractivity contribution in [1.29, 1.82) is 0 Å². The molecule has 0 aromatic heterocycles. The Kier molecular flexibility index (Phi) is 4.97. The molecule has 4 fully saturated rings. The van der Waals surface area contributed by atoms with Crippen molar-refractivity contribution in [3.63, 3.8) is 0 Å². The van der Waals surface area contributed by atoms with Crippen LogP contribution in [0.4, 0.5) is 0 Å². The minimum absolute atomic E-state index is 0.00810. The maximum Gasteiger partial charge on any atom is 0.309 e. The average Bonchev–Trinajstić information content (AvgIpc) is 2.74. The van der Waals surface area contributed by atoms with Gasteiger partial charge in [0, 0.05) is 5.92 Å². The molecule has 4 saturated carbocycles. The maximum atomic E-state index is 14.1. The fraction of sp³-hybridized carbons (Fsp3) is 0.862. The molecule has 184 valence electrons. The van der Waals surface area contributed by atoms with Gasteiger partial charge in [0.05, 0.1) is 11.5 Å². The molecule has 5 rings (SSSR count). The van der Waals surface area contributed by atoms with Crippen LogP contribution in [0.3, 0.4) is 0 Å². The van der Waals surface area contributed by atoms with Gasteiger partial charge in [-0.2, -0.15) is 0 Å². The van der Waals surface area contributed by atoms with Gasteiger partial charge in [-0.3, -0.25) is 9.59 Å². The molecule has 2 N–H and O–H groups in total. The highest BCUT2D eigenvalue weighted by Crippen LogP contribution is 2.74. The number of carboxylic acids is 1. The van der Waals surface area contributed by atoms with Crippen LogP contribution >= 0.6 is 0 Å². The molecule has 0 spiro atoms. The summed E-state index contributed by atoms with van der Waals surface area (Å²) in [5.74, 6) is 0.389. The number of rotatable bonds is 1. The molecule has 5 aliphatic rings. The highest BCUT2D eigenvalue weighted by molar-refractivity contribution is 5.95. The second-order valence-corrected chi connectivity index (χ2v) is 14.1. The SMILES string of the molecule is CC1C2CC[C@]3(C)C(C(=O)C=C4[C@@H]5C[C@@](C)(C(=O)O)CC[C@]5(C)CC[C@]43C)[C@@]2(C)CC[C@@H]1O. The molecule has 0 heterocycles. The number of aliphatic hydroxyl groups is 1. The lowest BCUT2D eigenvalue weighted by Gasteiger charge is -2.69. The molecule has 10 atom stereocenters. The predicted octanol–water partition coefficient (Wildman–Crippen LogP) is 6.02. The van der Waals surface area contributed by atoms with Crippen LogP contribution in [-0.4, -0.2) is 28.1 Å². The molecular formula is C29H44O4. The summed E-state index contributed by atoms with van der Waals surface area (Å²) in [7, 11) is 0. The second-order valence-electron chi connectivity index (χ2n) is 14.1. The lowest BCUT2D eigenvalue weighted by Crippen LogP contribution is -2.65. The van der Waals surface area contributed by atoms with Crippen LogP contribution in [0, 0.1) is 50.7 Å². The van der Waals surface area contributed by atoms with Crippen LogP contribution < -0.4 is 0 Å². The van der Waals surface area contributed by atoms with E-state index in [0.29, 0.717) is 12.3 Å². The van der Waals surface area contributed by atoms with Crippen LogP contribution in [0.1, 0.15) is 99.3 Å². The number of carbonyl (C=O) groups excluding carboxylic acids is 1.